The highest BCUT2D eigenvalue weighted by atomic mass is 32.1. The molecule has 1 unspecified atom stereocenters. The second kappa shape index (κ2) is 6.38. The lowest BCUT2D eigenvalue weighted by atomic mass is 10.1. The first-order valence-corrected chi connectivity index (χ1v) is 6.36. The maximum absolute atomic E-state index is 13.2. The number of thiocarbonyl (C=S) groups is 1. The van der Waals surface area contributed by atoms with E-state index in [0.717, 1.165) is 6.07 Å². The number of hydrogen-bond acceptors (Lipinski definition) is 2. The molecule has 1 atom stereocenters. The van der Waals surface area contributed by atoms with Gasteiger partial charge in [-0.05, 0) is 18.2 Å². The van der Waals surface area contributed by atoms with Crippen LogP contribution in [0.5, 0.6) is 0 Å². The highest BCUT2D eigenvalue weighted by Gasteiger charge is 2.35. The zero-order chi connectivity index (χ0) is 16.4. The maximum atomic E-state index is 13.2. The second-order valence-corrected chi connectivity index (χ2v) is 5.15. The summed E-state index contributed by atoms with van der Waals surface area (Å²) in [6.45, 7) is 1.85. The third kappa shape index (κ3) is 4.38. The monoisotopic (exact) mass is 322 g/mol. The van der Waals surface area contributed by atoms with Crippen LogP contribution in [0.4, 0.5) is 17.6 Å². The first-order chi connectivity index (χ1) is 9.54. The Morgan fingerprint density at radius 1 is 1.43 bits per heavy atom. The molecule has 1 aromatic carbocycles. The molecule has 0 spiro atoms. The molecular weight excluding hydrogens is 308 g/mol. The molecule has 8 heteroatoms. The molecule has 2 N–H and O–H groups in total. The van der Waals surface area contributed by atoms with Gasteiger partial charge in [0.1, 0.15) is 5.82 Å². The minimum absolute atomic E-state index is 0.160. The van der Waals surface area contributed by atoms with Crippen molar-refractivity contribution in [3.63, 3.8) is 0 Å². The van der Waals surface area contributed by atoms with E-state index in [9.17, 15) is 22.4 Å². The van der Waals surface area contributed by atoms with Crippen molar-refractivity contribution in [2.24, 2.45) is 11.7 Å². The Morgan fingerprint density at radius 3 is 2.48 bits per heavy atom. The van der Waals surface area contributed by atoms with Gasteiger partial charge in [-0.15, -0.1) is 0 Å². The molecule has 0 fully saturated rings. The molecule has 0 aromatic heterocycles. The lowest BCUT2D eigenvalue weighted by molar-refractivity contribution is -0.140. The quantitative estimate of drug-likeness (QED) is 0.685. The molecule has 0 bridgehead atoms. The lowest BCUT2D eigenvalue weighted by Gasteiger charge is -2.21. The summed E-state index contributed by atoms with van der Waals surface area (Å²) < 4.78 is 51.0. The summed E-state index contributed by atoms with van der Waals surface area (Å²) in [5, 5.41) is 0. The fraction of sp³-hybridized carbons (Fsp3) is 0.385. The van der Waals surface area contributed by atoms with E-state index in [1.165, 1.54) is 11.9 Å². The molecule has 0 radical (unpaired) electrons. The van der Waals surface area contributed by atoms with Gasteiger partial charge in [-0.3, -0.25) is 4.79 Å². The predicted octanol–water partition coefficient (Wildman–Crippen LogP) is 2.84. The Hall–Kier alpha value is -1.70. The van der Waals surface area contributed by atoms with Gasteiger partial charge in [-0.1, -0.05) is 19.1 Å². The van der Waals surface area contributed by atoms with E-state index in [1.54, 1.807) is 6.92 Å². The van der Waals surface area contributed by atoms with Crippen molar-refractivity contribution in [2.45, 2.75) is 13.1 Å². The van der Waals surface area contributed by atoms with Crippen molar-refractivity contribution in [3.05, 3.63) is 35.1 Å². The number of nitrogens with two attached hydrogens (primary N) is 1. The second-order valence-electron chi connectivity index (χ2n) is 4.68. The number of carbonyl (C=O) groups is 1. The summed E-state index contributed by atoms with van der Waals surface area (Å²) in [4.78, 5) is 13.4. The highest BCUT2D eigenvalue weighted by Crippen LogP contribution is 2.32. The molecule has 116 valence electrons. The number of nitrogens with zero attached hydrogens (tertiary/aromatic N) is 1. The third-order valence-electron chi connectivity index (χ3n) is 2.90. The van der Waals surface area contributed by atoms with Gasteiger partial charge in [-0.25, -0.2) is 4.39 Å². The van der Waals surface area contributed by atoms with Crippen LogP contribution < -0.4 is 5.73 Å². The summed E-state index contributed by atoms with van der Waals surface area (Å²) in [7, 11) is 1.41. The molecule has 0 saturated carbocycles. The van der Waals surface area contributed by atoms with Crippen molar-refractivity contribution in [1.82, 2.24) is 4.90 Å². The van der Waals surface area contributed by atoms with Crippen LogP contribution in [-0.2, 0) is 6.18 Å². The highest BCUT2D eigenvalue weighted by molar-refractivity contribution is 7.80. The largest absolute Gasteiger partial charge is 0.419 e. The van der Waals surface area contributed by atoms with Crippen molar-refractivity contribution < 1.29 is 22.4 Å². The van der Waals surface area contributed by atoms with Crippen LogP contribution in [0, 0.1) is 11.7 Å². The van der Waals surface area contributed by atoms with Crippen LogP contribution in [0.2, 0.25) is 0 Å². The van der Waals surface area contributed by atoms with Crippen molar-refractivity contribution in [3.8, 4) is 0 Å². The molecule has 0 aliphatic carbocycles. The van der Waals surface area contributed by atoms with Crippen LogP contribution in [0.3, 0.4) is 0 Å². The fourth-order valence-corrected chi connectivity index (χ4v) is 1.75. The number of carbonyl (C=O) groups excluding carboxylic acids is 1. The Morgan fingerprint density at radius 2 is 2.00 bits per heavy atom. The van der Waals surface area contributed by atoms with E-state index in [1.807, 2.05) is 0 Å². The van der Waals surface area contributed by atoms with Crippen molar-refractivity contribution in [1.29, 1.82) is 0 Å². The van der Waals surface area contributed by atoms with E-state index in [4.69, 9.17) is 18.0 Å². The zero-order valence-corrected chi connectivity index (χ0v) is 12.2. The van der Waals surface area contributed by atoms with Gasteiger partial charge in [0.15, 0.2) is 0 Å². The topological polar surface area (TPSA) is 46.3 Å². The molecule has 1 rings (SSSR count). The van der Waals surface area contributed by atoms with Gasteiger partial charge >= 0.3 is 6.18 Å². The summed E-state index contributed by atoms with van der Waals surface area (Å²) in [5.74, 6) is -2.36. The molecule has 0 heterocycles. The smallest absolute Gasteiger partial charge is 0.393 e. The summed E-state index contributed by atoms with van der Waals surface area (Å²) in [6.07, 6.45) is -4.86. The van der Waals surface area contributed by atoms with Crippen molar-refractivity contribution in [2.75, 3.05) is 13.6 Å². The SMILES string of the molecule is CC(CN(C)C(=O)c1ccc(F)c(C(F)(F)F)c1)C(N)=S. The van der Waals surface area contributed by atoms with E-state index in [0.29, 0.717) is 12.1 Å². The van der Waals surface area contributed by atoms with Crippen molar-refractivity contribution >= 4 is 23.1 Å². The number of hydrogen-bond donors (Lipinski definition) is 1. The lowest BCUT2D eigenvalue weighted by Crippen LogP contribution is -2.35. The Bertz CT molecular complexity index is 560. The Kier molecular flexibility index (Phi) is 5.27. The molecule has 3 nitrogen and oxygen atoms in total. The normalized spacial score (nSPS) is 12.9. The van der Waals surface area contributed by atoms with Gasteiger partial charge in [0.05, 0.1) is 10.6 Å². The number of rotatable bonds is 4. The van der Waals surface area contributed by atoms with Gasteiger partial charge < -0.3 is 10.6 Å². The average Bonchev–Trinajstić information content (AvgIpc) is 2.36. The predicted molar refractivity (Wildman–Crippen MR) is 74.3 cm³/mol. The van der Waals surface area contributed by atoms with E-state index >= 15 is 0 Å². The van der Waals surface area contributed by atoms with E-state index in [2.05, 4.69) is 0 Å². The summed E-state index contributed by atoms with van der Waals surface area (Å²) in [6, 6.07) is 2.13. The number of alkyl halides is 3. The number of amides is 1. The number of benzene rings is 1. The van der Waals surface area contributed by atoms with Gasteiger partial charge in [0.25, 0.3) is 5.91 Å². The van der Waals surface area contributed by atoms with Gasteiger partial charge in [0.2, 0.25) is 0 Å². The van der Waals surface area contributed by atoms with E-state index in [-0.39, 0.29) is 23.0 Å². The first-order valence-electron chi connectivity index (χ1n) is 5.95. The Labute approximate surface area is 124 Å². The van der Waals surface area contributed by atoms with Gasteiger partial charge in [-0.2, -0.15) is 13.2 Å². The van der Waals surface area contributed by atoms with Crippen LogP contribution in [-0.4, -0.2) is 29.4 Å². The summed E-state index contributed by atoms with van der Waals surface area (Å²) >= 11 is 4.77. The van der Waals surface area contributed by atoms with E-state index < -0.39 is 23.5 Å². The van der Waals surface area contributed by atoms with Crippen LogP contribution in [0.1, 0.15) is 22.8 Å². The molecule has 0 aliphatic heterocycles. The van der Waals surface area contributed by atoms with Crippen LogP contribution >= 0.6 is 12.2 Å². The summed E-state index contributed by atoms with van der Waals surface area (Å²) in [5.41, 5.74) is 3.70. The maximum Gasteiger partial charge on any atom is 0.419 e. The first kappa shape index (κ1) is 17.4. The number of halogens is 4. The molecule has 1 amide bonds. The Balaban J connectivity index is 3.01. The standard InChI is InChI=1S/C13H14F4N2OS/c1-7(11(18)21)6-19(2)12(20)8-3-4-10(14)9(5-8)13(15,16)17/h3-5,7H,6H2,1-2H3,(H2,18,21). The van der Waals surface area contributed by atoms with Gasteiger partial charge in [0, 0.05) is 25.1 Å². The zero-order valence-electron chi connectivity index (χ0n) is 11.4. The van der Waals surface area contributed by atoms with Crippen LogP contribution in [0.25, 0.3) is 0 Å². The average molecular weight is 322 g/mol. The van der Waals surface area contributed by atoms with Crippen LogP contribution in [0.15, 0.2) is 18.2 Å². The molecule has 1 aromatic rings. The molecular formula is C13H14F4N2OS. The minimum Gasteiger partial charge on any atom is -0.393 e. The molecule has 21 heavy (non-hydrogen) atoms. The minimum atomic E-state index is -4.86. The molecule has 0 aliphatic rings. The third-order valence-corrected chi connectivity index (χ3v) is 3.30. The fourth-order valence-electron chi connectivity index (χ4n) is 1.68. The molecule has 0 saturated heterocycles.